The zero-order valence-electron chi connectivity index (χ0n) is 18.1. The third-order valence-corrected chi connectivity index (χ3v) is 5.48. The first-order valence-electron chi connectivity index (χ1n) is 10.5. The molecule has 0 atom stereocenters. The quantitative estimate of drug-likeness (QED) is 0.397. The highest BCUT2D eigenvalue weighted by atomic mass is 16.7. The Morgan fingerprint density at radius 1 is 0.938 bits per heavy atom. The lowest BCUT2D eigenvalue weighted by molar-refractivity contribution is 0.174. The number of nitrogens with one attached hydrogen (secondary N) is 1. The minimum atomic E-state index is 0.262. The van der Waals surface area contributed by atoms with Crippen LogP contribution in [0.5, 0.6) is 17.2 Å². The van der Waals surface area contributed by atoms with E-state index in [0.717, 1.165) is 51.1 Å². The zero-order chi connectivity index (χ0) is 21.9. The van der Waals surface area contributed by atoms with Crippen LogP contribution in [0.2, 0.25) is 0 Å². The summed E-state index contributed by atoms with van der Waals surface area (Å²) in [6, 6.07) is 22.0. The molecule has 0 unspecified atom stereocenters. The molecule has 1 N–H and O–H groups in total. The summed E-state index contributed by atoms with van der Waals surface area (Å²) in [6.45, 7) is 5.09. The van der Waals surface area contributed by atoms with Crippen LogP contribution in [0.25, 0.3) is 11.1 Å². The summed E-state index contributed by atoms with van der Waals surface area (Å²) < 4.78 is 22.9. The van der Waals surface area contributed by atoms with Crippen LogP contribution in [0.4, 0.5) is 5.69 Å². The molecule has 0 saturated carbocycles. The van der Waals surface area contributed by atoms with E-state index < -0.39 is 0 Å². The van der Waals surface area contributed by atoms with Crippen LogP contribution in [-0.4, -0.2) is 11.8 Å². The Hall–Kier alpha value is -3.93. The maximum absolute atomic E-state index is 6.08. The van der Waals surface area contributed by atoms with Gasteiger partial charge >= 0.3 is 0 Å². The summed E-state index contributed by atoms with van der Waals surface area (Å²) in [6.07, 6.45) is 0. The molecule has 162 valence electrons. The van der Waals surface area contributed by atoms with Crippen molar-refractivity contribution in [3.05, 3.63) is 89.6 Å². The van der Waals surface area contributed by atoms with E-state index in [1.807, 2.05) is 74.5 Å². The molecule has 6 nitrogen and oxygen atoms in total. The summed E-state index contributed by atoms with van der Waals surface area (Å²) in [5, 5.41) is 3.35. The maximum atomic E-state index is 6.08. The van der Waals surface area contributed by atoms with Crippen molar-refractivity contribution in [2.75, 3.05) is 12.1 Å². The lowest BCUT2D eigenvalue weighted by atomic mass is 9.99. The number of nitrogens with zero attached hydrogens (tertiary/aromatic N) is 1. The number of ether oxygens (including phenoxy) is 3. The van der Waals surface area contributed by atoms with Crippen LogP contribution in [0.1, 0.15) is 22.9 Å². The van der Waals surface area contributed by atoms with Crippen molar-refractivity contribution in [3.8, 4) is 28.4 Å². The van der Waals surface area contributed by atoms with Gasteiger partial charge in [0.15, 0.2) is 18.1 Å². The fraction of sp³-hybridized carbons (Fsp3) is 0.192. The van der Waals surface area contributed by atoms with Gasteiger partial charge in [0, 0.05) is 5.69 Å². The van der Waals surface area contributed by atoms with Gasteiger partial charge in [-0.3, -0.25) is 0 Å². The van der Waals surface area contributed by atoms with Crippen molar-refractivity contribution in [2.24, 2.45) is 0 Å². The third-order valence-electron chi connectivity index (χ3n) is 5.48. The number of aryl methyl sites for hydroxylation is 1. The molecule has 0 saturated heterocycles. The van der Waals surface area contributed by atoms with E-state index in [1.165, 1.54) is 0 Å². The SMILES string of the molecule is Cc1nc(COc2cccc(-c3ccc4c(c3)OCO4)c2C)oc1CNc1ccccc1. The fourth-order valence-electron chi connectivity index (χ4n) is 3.74. The van der Waals surface area contributed by atoms with Gasteiger partial charge in [-0.1, -0.05) is 36.4 Å². The van der Waals surface area contributed by atoms with Crippen molar-refractivity contribution in [1.82, 2.24) is 4.98 Å². The molecular formula is C26H24N2O4. The van der Waals surface area contributed by atoms with Crippen molar-refractivity contribution in [1.29, 1.82) is 0 Å². The summed E-state index contributed by atoms with van der Waals surface area (Å²) in [5.74, 6) is 3.69. The molecule has 0 aliphatic carbocycles. The number of oxazole rings is 1. The van der Waals surface area contributed by atoms with Gasteiger partial charge in [-0.05, 0) is 60.9 Å². The lowest BCUT2D eigenvalue weighted by Gasteiger charge is -2.12. The largest absolute Gasteiger partial charge is 0.484 e. The van der Waals surface area contributed by atoms with Gasteiger partial charge in [0.1, 0.15) is 11.5 Å². The van der Waals surface area contributed by atoms with Crippen LogP contribution in [-0.2, 0) is 13.2 Å². The second-order valence-corrected chi connectivity index (χ2v) is 7.62. The minimum absolute atomic E-state index is 0.262. The molecule has 3 aromatic carbocycles. The van der Waals surface area contributed by atoms with E-state index in [9.17, 15) is 0 Å². The Morgan fingerprint density at radius 2 is 1.78 bits per heavy atom. The maximum Gasteiger partial charge on any atom is 0.232 e. The number of anilines is 1. The van der Waals surface area contributed by atoms with E-state index in [4.69, 9.17) is 18.6 Å². The van der Waals surface area contributed by atoms with E-state index in [0.29, 0.717) is 12.4 Å². The van der Waals surface area contributed by atoms with E-state index in [2.05, 4.69) is 16.4 Å². The highest BCUT2D eigenvalue weighted by molar-refractivity contribution is 5.72. The molecular weight excluding hydrogens is 404 g/mol. The van der Waals surface area contributed by atoms with Gasteiger partial charge in [0.25, 0.3) is 0 Å². The van der Waals surface area contributed by atoms with Crippen molar-refractivity contribution in [2.45, 2.75) is 27.0 Å². The van der Waals surface area contributed by atoms with Crippen molar-refractivity contribution < 1.29 is 18.6 Å². The van der Waals surface area contributed by atoms with Crippen LogP contribution in [0.3, 0.4) is 0 Å². The first-order valence-corrected chi connectivity index (χ1v) is 10.5. The number of rotatable bonds is 7. The Labute approximate surface area is 186 Å². The smallest absolute Gasteiger partial charge is 0.232 e. The Morgan fingerprint density at radius 3 is 2.66 bits per heavy atom. The number of benzene rings is 3. The monoisotopic (exact) mass is 428 g/mol. The molecule has 1 aliphatic heterocycles. The molecule has 0 amide bonds. The number of aromatic nitrogens is 1. The van der Waals surface area contributed by atoms with Gasteiger partial charge in [-0.25, -0.2) is 4.98 Å². The van der Waals surface area contributed by atoms with E-state index in [-0.39, 0.29) is 13.4 Å². The summed E-state index contributed by atoms with van der Waals surface area (Å²) in [4.78, 5) is 4.53. The average molecular weight is 428 g/mol. The number of hydrogen-bond acceptors (Lipinski definition) is 6. The molecule has 0 bridgehead atoms. The fourth-order valence-corrected chi connectivity index (χ4v) is 3.74. The number of fused-ring (bicyclic) bond motifs is 1. The van der Waals surface area contributed by atoms with E-state index in [1.54, 1.807) is 0 Å². The molecule has 1 aromatic heterocycles. The summed E-state index contributed by atoms with van der Waals surface area (Å²) >= 11 is 0. The molecule has 1 aliphatic rings. The highest BCUT2D eigenvalue weighted by Crippen LogP contribution is 2.38. The first-order chi connectivity index (χ1) is 15.7. The standard InChI is InChI=1S/C26H24N2O4/c1-17-21(19-11-12-23-24(13-19)31-16-30-23)9-6-10-22(17)29-15-26-28-18(2)25(32-26)14-27-20-7-4-3-5-8-20/h3-13,27H,14-16H2,1-2H3. The molecule has 4 aromatic rings. The number of para-hydroxylation sites is 1. The lowest BCUT2D eigenvalue weighted by Crippen LogP contribution is -1.99. The van der Waals surface area contributed by atoms with Crippen molar-refractivity contribution in [3.63, 3.8) is 0 Å². The molecule has 0 spiro atoms. The second kappa shape index (κ2) is 8.67. The van der Waals surface area contributed by atoms with Gasteiger partial charge in [-0.2, -0.15) is 0 Å². The molecule has 0 fully saturated rings. The zero-order valence-corrected chi connectivity index (χ0v) is 18.1. The van der Waals surface area contributed by atoms with Crippen LogP contribution < -0.4 is 19.5 Å². The molecule has 32 heavy (non-hydrogen) atoms. The predicted octanol–water partition coefficient (Wildman–Crippen LogP) is 5.88. The van der Waals surface area contributed by atoms with Crippen LogP contribution in [0.15, 0.2) is 71.1 Å². The molecule has 0 radical (unpaired) electrons. The second-order valence-electron chi connectivity index (χ2n) is 7.62. The van der Waals surface area contributed by atoms with Gasteiger partial charge < -0.3 is 23.9 Å². The highest BCUT2D eigenvalue weighted by Gasteiger charge is 2.16. The Kier molecular flexibility index (Phi) is 5.42. The van der Waals surface area contributed by atoms with Crippen LogP contribution in [0, 0.1) is 13.8 Å². The Bertz CT molecular complexity index is 1230. The topological polar surface area (TPSA) is 65.8 Å². The number of hydrogen-bond donors (Lipinski definition) is 1. The average Bonchev–Trinajstić information content (AvgIpc) is 3.43. The normalized spacial score (nSPS) is 12.1. The summed E-state index contributed by atoms with van der Waals surface area (Å²) in [5.41, 5.74) is 5.08. The van der Waals surface area contributed by atoms with Crippen LogP contribution >= 0.6 is 0 Å². The van der Waals surface area contributed by atoms with Gasteiger partial charge in [-0.15, -0.1) is 0 Å². The van der Waals surface area contributed by atoms with E-state index >= 15 is 0 Å². The minimum Gasteiger partial charge on any atom is -0.484 e. The van der Waals surface area contributed by atoms with Gasteiger partial charge in [0.05, 0.1) is 12.2 Å². The Balaban J connectivity index is 1.28. The predicted molar refractivity (Wildman–Crippen MR) is 122 cm³/mol. The third kappa shape index (κ3) is 4.12. The first kappa shape index (κ1) is 20.0. The molecule has 5 rings (SSSR count). The molecule has 6 heteroatoms. The van der Waals surface area contributed by atoms with Gasteiger partial charge in [0.2, 0.25) is 12.7 Å². The molecule has 2 heterocycles. The summed E-state index contributed by atoms with van der Waals surface area (Å²) in [7, 11) is 0. The van der Waals surface area contributed by atoms with Crippen molar-refractivity contribution >= 4 is 5.69 Å².